The second kappa shape index (κ2) is 7.06. The number of aromatic nitrogens is 1. The van der Waals surface area contributed by atoms with Crippen LogP contribution in [0.5, 0.6) is 0 Å². The number of nitrogens with zero attached hydrogens (tertiary/aromatic N) is 2. The fourth-order valence-electron chi connectivity index (χ4n) is 2.24. The second-order valence-corrected chi connectivity index (χ2v) is 5.26. The van der Waals surface area contributed by atoms with Crippen LogP contribution in [-0.2, 0) is 13.1 Å². The Labute approximate surface area is 121 Å². The molecule has 106 valence electrons. The van der Waals surface area contributed by atoms with E-state index in [1.807, 2.05) is 13.2 Å². The quantitative estimate of drug-likeness (QED) is 0.872. The molecule has 2 aromatic rings. The van der Waals surface area contributed by atoms with Crippen molar-refractivity contribution in [2.24, 2.45) is 0 Å². The molecule has 1 N–H and O–H groups in total. The lowest BCUT2D eigenvalue weighted by Crippen LogP contribution is -2.31. The molecule has 1 aromatic heterocycles. The Balaban J connectivity index is 2.22. The molecule has 2 rings (SSSR count). The average molecular weight is 269 g/mol. The van der Waals surface area contributed by atoms with E-state index >= 15 is 0 Å². The van der Waals surface area contributed by atoms with Gasteiger partial charge in [0.05, 0.1) is 0 Å². The van der Waals surface area contributed by atoms with Crippen LogP contribution in [0, 0.1) is 0 Å². The van der Waals surface area contributed by atoms with Crippen molar-refractivity contribution < 1.29 is 0 Å². The number of hydrogen-bond acceptors (Lipinski definition) is 3. The van der Waals surface area contributed by atoms with E-state index in [0.29, 0.717) is 6.04 Å². The number of rotatable bonds is 6. The van der Waals surface area contributed by atoms with Gasteiger partial charge >= 0.3 is 0 Å². The molecule has 1 heterocycles. The largest absolute Gasteiger partial charge is 0.350 e. The molecule has 0 amide bonds. The zero-order valence-electron chi connectivity index (χ0n) is 12.5. The summed E-state index contributed by atoms with van der Waals surface area (Å²) in [6.45, 7) is 6.16. The normalized spacial score (nSPS) is 10.8. The Morgan fingerprint density at radius 2 is 1.85 bits per heavy atom. The van der Waals surface area contributed by atoms with Crippen molar-refractivity contribution in [1.82, 2.24) is 10.3 Å². The van der Waals surface area contributed by atoms with Crippen LogP contribution in [0.15, 0.2) is 48.7 Å². The Bertz CT molecular complexity index is 523. The smallest absolute Gasteiger partial charge is 0.129 e. The lowest BCUT2D eigenvalue weighted by Gasteiger charge is -2.28. The molecule has 0 saturated heterocycles. The van der Waals surface area contributed by atoms with Crippen molar-refractivity contribution in [2.45, 2.75) is 33.0 Å². The van der Waals surface area contributed by atoms with Gasteiger partial charge in [-0.15, -0.1) is 0 Å². The summed E-state index contributed by atoms with van der Waals surface area (Å²) in [7, 11) is 1.96. The molecule has 3 heteroatoms. The zero-order chi connectivity index (χ0) is 14.4. The number of hydrogen-bond donors (Lipinski definition) is 1. The van der Waals surface area contributed by atoms with Crippen LogP contribution >= 0.6 is 0 Å². The number of anilines is 1. The van der Waals surface area contributed by atoms with Crippen molar-refractivity contribution in [2.75, 3.05) is 11.9 Å². The first kappa shape index (κ1) is 14.5. The molecule has 0 bridgehead atoms. The van der Waals surface area contributed by atoms with Gasteiger partial charge in [0.1, 0.15) is 5.82 Å². The van der Waals surface area contributed by atoms with E-state index in [4.69, 9.17) is 0 Å². The molecule has 0 aliphatic heterocycles. The maximum atomic E-state index is 4.54. The molecule has 3 nitrogen and oxygen atoms in total. The molecule has 1 aromatic carbocycles. The third-order valence-electron chi connectivity index (χ3n) is 3.30. The van der Waals surface area contributed by atoms with Gasteiger partial charge in [-0.3, -0.25) is 0 Å². The molecule has 0 radical (unpaired) electrons. The maximum absolute atomic E-state index is 4.54. The van der Waals surface area contributed by atoms with Gasteiger partial charge in [0.25, 0.3) is 0 Å². The highest BCUT2D eigenvalue weighted by molar-refractivity contribution is 5.43. The molecule has 0 unspecified atom stereocenters. The molecule has 0 spiro atoms. The fraction of sp³-hybridized carbons (Fsp3) is 0.353. The van der Waals surface area contributed by atoms with Crippen molar-refractivity contribution in [3.63, 3.8) is 0 Å². The first-order valence-corrected chi connectivity index (χ1v) is 7.11. The predicted molar refractivity (Wildman–Crippen MR) is 84.8 cm³/mol. The Morgan fingerprint density at radius 3 is 2.50 bits per heavy atom. The summed E-state index contributed by atoms with van der Waals surface area (Å²) in [5.41, 5.74) is 2.57. The van der Waals surface area contributed by atoms with Gasteiger partial charge in [0, 0.05) is 25.3 Å². The van der Waals surface area contributed by atoms with E-state index in [2.05, 4.69) is 71.5 Å². The van der Waals surface area contributed by atoms with Crippen LogP contribution in [0.4, 0.5) is 5.82 Å². The molecule has 0 saturated carbocycles. The molecular weight excluding hydrogens is 246 g/mol. The summed E-state index contributed by atoms with van der Waals surface area (Å²) >= 11 is 0. The highest BCUT2D eigenvalue weighted by Crippen LogP contribution is 2.18. The molecule has 0 atom stereocenters. The van der Waals surface area contributed by atoms with Crippen molar-refractivity contribution >= 4 is 5.82 Å². The average Bonchev–Trinajstić information content (AvgIpc) is 2.46. The van der Waals surface area contributed by atoms with Crippen molar-refractivity contribution in [1.29, 1.82) is 0 Å². The Kier molecular flexibility index (Phi) is 5.13. The lowest BCUT2D eigenvalue weighted by atomic mass is 10.1. The van der Waals surface area contributed by atoms with Crippen LogP contribution in [-0.4, -0.2) is 18.1 Å². The molecule has 0 aliphatic carbocycles. The number of nitrogens with one attached hydrogen (secondary N) is 1. The van der Waals surface area contributed by atoms with Gasteiger partial charge in [-0.25, -0.2) is 4.98 Å². The highest BCUT2D eigenvalue weighted by Gasteiger charge is 2.12. The monoisotopic (exact) mass is 269 g/mol. The summed E-state index contributed by atoms with van der Waals surface area (Å²) in [6, 6.07) is 15.2. The van der Waals surface area contributed by atoms with E-state index in [0.717, 1.165) is 18.9 Å². The topological polar surface area (TPSA) is 28.2 Å². The van der Waals surface area contributed by atoms with E-state index in [9.17, 15) is 0 Å². The first-order chi connectivity index (χ1) is 9.70. The van der Waals surface area contributed by atoms with Crippen LogP contribution in [0.3, 0.4) is 0 Å². The van der Waals surface area contributed by atoms with Gasteiger partial charge in [-0.1, -0.05) is 30.3 Å². The summed E-state index contributed by atoms with van der Waals surface area (Å²) in [5, 5.41) is 3.18. The minimum absolute atomic E-state index is 0.410. The molecule has 20 heavy (non-hydrogen) atoms. The number of benzene rings is 1. The minimum Gasteiger partial charge on any atom is -0.350 e. The predicted octanol–water partition coefficient (Wildman–Crippen LogP) is 3.22. The second-order valence-electron chi connectivity index (χ2n) is 5.26. The fourth-order valence-corrected chi connectivity index (χ4v) is 2.24. The standard InChI is InChI=1S/C17H23N3/c1-14(2)20(13-15-7-5-4-6-8-15)17-11-16(12-18-3)9-10-19-17/h4-11,14,18H,12-13H2,1-3H3. The third kappa shape index (κ3) is 3.81. The van der Waals surface area contributed by atoms with E-state index in [1.165, 1.54) is 11.1 Å². The lowest BCUT2D eigenvalue weighted by molar-refractivity contribution is 0.671. The first-order valence-electron chi connectivity index (χ1n) is 7.11. The zero-order valence-corrected chi connectivity index (χ0v) is 12.5. The van der Waals surface area contributed by atoms with Gasteiger partial charge in [-0.2, -0.15) is 0 Å². The molecular formula is C17H23N3. The Morgan fingerprint density at radius 1 is 1.10 bits per heavy atom. The van der Waals surface area contributed by atoms with Crippen molar-refractivity contribution in [3.8, 4) is 0 Å². The number of pyridine rings is 1. The van der Waals surface area contributed by atoms with Crippen LogP contribution in [0.2, 0.25) is 0 Å². The van der Waals surface area contributed by atoms with Gasteiger partial charge < -0.3 is 10.2 Å². The van der Waals surface area contributed by atoms with E-state index in [-0.39, 0.29) is 0 Å². The van der Waals surface area contributed by atoms with Crippen LogP contribution in [0.1, 0.15) is 25.0 Å². The van der Waals surface area contributed by atoms with Crippen LogP contribution < -0.4 is 10.2 Å². The SMILES string of the molecule is CNCc1ccnc(N(Cc2ccccc2)C(C)C)c1. The molecule has 0 fully saturated rings. The Hall–Kier alpha value is -1.87. The highest BCUT2D eigenvalue weighted by atomic mass is 15.2. The minimum atomic E-state index is 0.410. The third-order valence-corrected chi connectivity index (χ3v) is 3.30. The summed E-state index contributed by atoms with van der Waals surface area (Å²) in [4.78, 5) is 6.87. The summed E-state index contributed by atoms with van der Waals surface area (Å²) in [5.74, 6) is 1.04. The van der Waals surface area contributed by atoms with E-state index in [1.54, 1.807) is 0 Å². The maximum Gasteiger partial charge on any atom is 0.129 e. The van der Waals surface area contributed by atoms with Gasteiger partial charge in [-0.05, 0) is 44.2 Å². The summed E-state index contributed by atoms with van der Waals surface area (Å²) < 4.78 is 0. The van der Waals surface area contributed by atoms with Gasteiger partial charge in [0.15, 0.2) is 0 Å². The molecule has 0 aliphatic rings. The summed E-state index contributed by atoms with van der Waals surface area (Å²) in [6.07, 6.45) is 1.89. The van der Waals surface area contributed by atoms with Crippen LogP contribution in [0.25, 0.3) is 0 Å². The van der Waals surface area contributed by atoms with Gasteiger partial charge in [0.2, 0.25) is 0 Å². The van der Waals surface area contributed by atoms with E-state index < -0.39 is 0 Å². The van der Waals surface area contributed by atoms with Crippen molar-refractivity contribution in [3.05, 3.63) is 59.8 Å².